The van der Waals surface area contributed by atoms with E-state index in [1.165, 1.54) is 6.07 Å². The predicted molar refractivity (Wildman–Crippen MR) is 118 cm³/mol. The minimum absolute atomic E-state index is 0.0346. The lowest BCUT2D eigenvalue weighted by molar-refractivity contribution is -0.136. The van der Waals surface area contributed by atoms with E-state index in [-0.39, 0.29) is 35.0 Å². The van der Waals surface area contributed by atoms with Crippen molar-refractivity contribution in [1.82, 2.24) is 5.32 Å². The van der Waals surface area contributed by atoms with E-state index in [2.05, 4.69) is 5.32 Å². The maximum absolute atomic E-state index is 14.1. The number of allylic oxidation sites excluding steroid dienone is 2. The van der Waals surface area contributed by atoms with Gasteiger partial charge in [-0.3, -0.25) is 14.9 Å². The van der Waals surface area contributed by atoms with Crippen molar-refractivity contribution >= 4 is 21.7 Å². The van der Waals surface area contributed by atoms with Gasteiger partial charge in [-0.1, -0.05) is 18.2 Å². The van der Waals surface area contributed by atoms with Crippen molar-refractivity contribution in [1.29, 1.82) is 0 Å². The largest absolute Gasteiger partial charge is 0.490 e. The van der Waals surface area contributed by atoms with E-state index in [4.69, 9.17) is 4.74 Å². The lowest BCUT2D eigenvalue weighted by Gasteiger charge is -2.19. The minimum atomic E-state index is -3.30. The molecule has 2 saturated carbocycles. The smallest absolute Gasteiger partial charge is 0.229 e. The lowest BCUT2D eigenvalue weighted by Crippen LogP contribution is -2.40. The first-order valence-corrected chi connectivity index (χ1v) is 13.2. The molecule has 1 aromatic carbocycles. The van der Waals surface area contributed by atoms with Gasteiger partial charge in [0.1, 0.15) is 0 Å². The molecule has 0 radical (unpaired) electrons. The summed E-state index contributed by atoms with van der Waals surface area (Å²) in [5.74, 6) is -0.321. The first-order valence-electron chi connectivity index (χ1n) is 11.4. The van der Waals surface area contributed by atoms with Gasteiger partial charge in [0, 0.05) is 17.8 Å². The van der Waals surface area contributed by atoms with Gasteiger partial charge < -0.3 is 4.74 Å². The molecule has 1 aliphatic heterocycles. The average Bonchev–Trinajstić information content (AvgIpc) is 3.65. The predicted octanol–water partition coefficient (Wildman–Crippen LogP) is 3.45. The van der Waals surface area contributed by atoms with Crippen LogP contribution in [-0.2, 0) is 24.8 Å². The summed E-state index contributed by atoms with van der Waals surface area (Å²) in [5, 5.41) is 2.33. The fraction of sp³-hybridized carbons (Fsp3) is 0.583. The Morgan fingerprint density at radius 3 is 2.62 bits per heavy atom. The molecule has 0 spiro atoms. The van der Waals surface area contributed by atoms with Gasteiger partial charge in [-0.05, 0) is 68.6 Å². The zero-order valence-corrected chi connectivity index (χ0v) is 19.0. The summed E-state index contributed by atoms with van der Waals surface area (Å²) in [4.78, 5) is 22.9. The van der Waals surface area contributed by atoms with Crippen LogP contribution >= 0.6 is 0 Å². The van der Waals surface area contributed by atoms with E-state index in [0.29, 0.717) is 38.2 Å². The molecule has 8 heteroatoms. The molecule has 1 saturated heterocycles. The maximum Gasteiger partial charge on any atom is 0.229 e. The van der Waals surface area contributed by atoms with Gasteiger partial charge in [0.2, 0.25) is 11.8 Å². The third-order valence-electron chi connectivity index (χ3n) is 6.60. The summed E-state index contributed by atoms with van der Waals surface area (Å²) in [5.41, 5.74) is 0.391. The van der Waals surface area contributed by atoms with Crippen molar-refractivity contribution in [2.24, 2.45) is 11.8 Å². The molecule has 0 bridgehead atoms. The molecule has 1 atom stereocenters. The normalized spacial score (nSPS) is 22.7. The van der Waals surface area contributed by atoms with Crippen molar-refractivity contribution in [2.45, 2.75) is 56.8 Å². The SMILES string of the molecule is O=C1CCC(C/C=C\CCS(=O)(=O)CC2(c3ccc(F)c(OCC4CC4)c3)CC2)C(=O)N1. The first kappa shape index (κ1) is 23.0. The minimum Gasteiger partial charge on any atom is -0.490 e. The molecule has 2 aliphatic carbocycles. The molecule has 1 unspecified atom stereocenters. The highest BCUT2D eigenvalue weighted by atomic mass is 32.2. The van der Waals surface area contributed by atoms with Gasteiger partial charge in [0.05, 0.1) is 18.1 Å². The number of imide groups is 1. The summed E-state index contributed by atoms with van der Waals surface area (Å²) < 4.78 is 45.2. The zero-order valence-electron chi connectivity index (χ0n) is 18.1. The number of carbonyl (C=O) groups excluding carboxylic acids is 2. The number of hydrogen-bond donors (Lipinski definition) is 1. The van der Waals surface area contributed by atoms with Crippen LogP contribution in [0.4, 0.5) is 4.39 Å². The number of sulfone groups is 1. The van der Waals surface area contributed by atoms with Gasteiger partial charge in [0.15, 0.2) is 21.4 Å². The van der Waals surface area contributed by atoms with Gasteiger partial charge in [-0.2, -0.15) is 0 Å². The number of ether oxygens (including phenoxy) is 1. The molecule has 4 rings (SSSR count). The quantitative estimate of drug-likeness (QED) is 0.401. The fourth-order valence-electron chi connectivity index (χ4n) is 4.19. The van der Waals surface area contributed by atoms with Crippen molar-refractivity contribution in [2.75, 3.05) is 18.1 Å². The zero-order chi connectivity index (χ0) is 22.8. The van der Waals surface area contributed by atoms with Crippen LogP contribution in [0.3, 0.4) is 0 Å². The standard InChI is InChI=1S/C24H30FNO5S/c25-20-9-8-19(14-21(20)31-15-17-5-6-17)24(11-12-24)16-32(29,30)13-3-1-2-4-18-7-10-22(27)26-23(18)28/h1-2,8-9,14,17-18H,3-7,10-13,15-16H2,(H,26,27,28)/b2-1-. The van der Waals surface area contributed by atoms with Crippen molar-refractivity contribution in [3.63, 3.8) is 0 Å². The topological polar surface area (TPSA) is 89.5 Å². The second kappa shape index (κ2) is 9.33. The Morgan fingerprint density at radius 2 is 1.94 bits per heavy atom. The Morgan fingerprint density at radius 1 is 1.16 bits per heavy atom. The molecule has 1 aromatic rings. The number of amides is 2. The third-order valence-corrected chi connectivity index (χ3v) is 8.45. The molecule has 1 heterocycles. The van der Waals surface area contributed by atoms with E-state index in [9.17, 15) is 22.4 Å². The molecule has 3 aliphatic rings. The Hall–Kier alpha value is -2.22. The fourth-order valence-corrected chi connectivity index (χ4v) is 6.12. The van der Waals surface area contributed by atoms with Crippen LogP contribution in [0.2, 0.25) is 0 Å². The number of hydrogen-bond acceptors (Lipinski definition) is 5. The van der Waals surface area contributed by atoms with Crippen molar-refractivity contribution in [3.05, 3.63) is 41.7 Å². The number of rotatable bonds is 11. The summed E-state index contributed by atoms with van der Waals surface area (Å²) in [7, 11) is -3.30. The van der Waals surface area contributed by atoms with E-state index < -0.39 is 21.1 Å². The average molecular weight is 464 g/mol. The number of halogens is 1. The van der Waals surface area contributed by atoms with Crippen molar-refractivity contribution in [3.8, 4) is 5.75 Å². The van der Waals surface area contributed by atoms with Gasteiger partial charge in [0.25, 0.3) is 0 Å². The Labute approximate surface area is 188 Å². The van der Waals surface area contributed by atoms with Gasteiger partial charge >= 0.3 is 0 Å². The van der Waals surface area contributed by atoms with Crippen LogP contribution < -0.4 is 10.1 Å². The monoisotopic (exact) mass is 463 g/mol. The summed E-state index contributed by atoms with van der Waals surface area (Å²) >= 11 is 0. The van der Waals surface area contributed by atoms with Crippen LogP contribution in [0.5, 0.6) is 5.75 Å². The first-order chi connectivity index (χ1) is 15.3. The molecule has 174 valence electrons. The number of nitrogens with one attached hydrogen (secondary N) is 1. The van der Waals surface area contributed by atoms with Gasteiger partial charge in [-0.25, -0.2) is 12.8 Å². The Kier molecular flexibility index (Phi) is 6.70. The van der Waals surface area contributed by atoms with Crippen LogP contribution in [-0.4, -0.2) is 38.3 Å². The molecule has 32 heavy (non-hydrogen) atoms. The summed E-state index contributed by atoms with van der Waals surface area (Å²) in [6.45, 7) is 0.511. The van der Waals surface area contributed by atoms with Crippen LogP contribution in [0, 0.1) is 17.7 Å². The van der Waals surface area contributed by atoms with Gasteiger partial charge in [-0.15, -0.1) is 0 Å². The Balaban J connectivity index is 1.28. The maximum atomic E-state index is 14.1. The second-order valence-corrected chi connectivity index (χ2v) is 11.6. The summed E-state index contributed by atoms with van der Waals surface area (Å²) in [6, 6.07) is 4.74. The van der Waals surface area contributed by atoms with Crippen LogP contribution in [0.25, 0.3) is 0 Å². The number of benzene rings is 1. The lowest BCUT2D eigenvalue weighted by atomic mass is 9.95. The molecular weight excluding hydrogens is 433 g/mol. The van der Waals surface area contributed by atoms with Crippen LogP contribution in [0.15, 0.2) is 30.4 Å². The van der Waals surface area contributed by atoms with Crippen molar-refractivity contribution < 1.29 is 27.1 Å². The molecular formula is C24H30FNO5S. The number of piperidine rings is 1. The molecule has 0 aromatic heterocycles. The highest BCUT2D eigenvalue weighted by Gasteiger charge is 2.47. The Bertz CT molecular complexity index is 1010. The molecule has 1 N–H and O–H groups in total. The van der Waals surface area contributed by atoms with E-state index in [1.807, 2.05) is 6.08 Å². The third kappa shape index (κ3) is 5.97. The highest BCUT2D eigenvalue weighted by molar-refractivity contribution is 7.91. The van der Waals surface area contributed by atoms with E-state index in [0.717, 1.165) is 31.2 Å². The molecule has 3 fully saturated rings. The van der Waals surface area contributed by atoms with Crippen LogP contribution in [0.1, 0.15) is 56.9 Å². The summed E-state index contributed by atoms with van der Waals surface area (Å²) in [6.07, 6.45) is 9.15. The molecule has 2 amide bonds. The van der Waals surface area contributed by atoms with E-state index >= 15 is 0 Å². The molecule has 6 nitrogen and oxygen atoms in total. The second-order valence-electron chi connectivity index (χ2n) is 9.42. The van der Waals surface area contributed by atoms with E-state index in [1.54, 1.807) is 18.2 Å². The highest BCUT2D eigenvalue weighted by Crippen LogP contribution is 2.50. The number of carbonyl (C=O) groups is 2.